The molecular formula is C15H25NO2. The van der Waals surface area contributed by atoms with Gasteiger partial charge in [-0.05, 0) is 51.3 Å². The predicted octanol–water partition coefficient (Wildman–Crippen LogP) is 3.45. The fourth-order valence-corrected chi connectivity index (χ4v) is 2.59. The number of nitrogens with one attached hydrogen (secondary N) is 1. The molecule has 0 aliphatic carbocycles. The van der Waals surface area contributed by atoms with Crippen molar-refractivity contribution in [3.63, 3.8) is 0 Å². The molecule has 1 fully saturated rings. The Bertz CT molecular complexity index is 342. The van der Waals surface area contributed by atoms with Crippen molar-refractivity contribution in [3.8, 4) is 0 Å². The summed E-state index contributed by atoms with van der Waals surface area (Å²) in [5.74, 6) is 2.13. The van der Waals surface area contributed by atoms with Crippen molar-refractivity contribution in [2.75, 3.05) is 13.7 Å². The maximum atomic E-state index is 5.82. The molecule has 0 spiro atoms. The van der Waals surface area contributed by atoms with Crippen LogP contribution in [0.1, 0.15) is 56.6 Å². The molecule has 0 aromatic carbocycles. The first kappa shape index (κ1) is 13.6. The first-order chi connectivity index (χ1) is 8.83. The number of ether oxygens (including phenoxy) is 1. The predicted molar refractivity (Wildman–Crippen MR) is 72.7 cm³/mol. The van der Waals surface area contributed by atoms with Crippen LogP contribution in [0.25, 0.3) is 0 Å². The third-order valence-corrected chi connectivity index (χ3v) is 3.77. The maximum Gasteiger partial charge on any atom is 0.121 e. The van der Waals surface area contributed by atoms with Gasteiger partial charge in [0.15, 0.2) is 0 Å². The van der Waals surface area contributed by atoms with Gasteiger partial charge in [0.2, 0.25) is 0 Å². The van der Waals surface area contributed by atoms with Gasteiger partial charge >= 0.3 is 0 Å². The molecule has 102 valence electrons. The van der Waals surface area contributed by atoms with E-state index in [0.717, 1.165) is 37.4 Å². The Morgan fingerprint density at radius 2 is 2.28 bits per heavy atom. The zero-order chi connectivity index (χ0) is 12.8. The van der Waals surface area contributed by atoms with E-state index in [2.05, 4.69) is 24.4 Å². The minimum atomic E-state index is 0.316. The van der Waals surface area contributed by atoms with Crippen molar-refractivity contribution in [2.24, 2.45) is 0 Å². The molecule has 0 bridgehead atoms. The monoisotopic (exact) mass is 251 g/mol. The lowest BCUT2D eigenvalue weighted by Gasteiger charge is -2.24. The highest BCUT2D eigenvalue weighted by Crippen LogP contribution is 2.25. The first-order valence-corrected chi connectivity index (χ1v) is 7.21. The highest BCUT2D eigenvalue weighted by molar-refractivity contribution is 5.10. The molecule has 1 aliphatic rings. The number of rotatable bonds is 6. The van der Waals surface area contributed by atoms with Gasteiger partial charge < -0.3 is 14.5 Å². The number of hydrogen-bond acceptors (Lipinski definition) is 3. The third-order valence-electron chi connectivity index (χ3n) is 3.77. The van der Waals surface area contributed by atoms with Gasteiger partial charge in [0.05, 0.1) is 12.1 Å². The first-order valence-electron chi connectivity index (χ1n) is 7.21. The Morgan fingerprint density at radius 3 is 2.89 bits per heavy atom. The minimum Gasteiger partial charge on any atom is -0.464 e. The molecule has 0 saturated carbocycles. The van der Waals surface area contributed by atoms with Gasteiger partial charge in [0.1, 0.15) is 11.5 Å². The summed E-state index contributed by atoms with van der Waals surface area (Å²) in [4.78, 5) is 0. The van der Waals surface area contributed by atoms with E-state index in [1.165, 1.54) is 19.3 Å². The van der Waals surface area contributed by atoms with Crippen LogP contribution in [0, 0.1) is 0 Å². The molecule has 2 unspecified atom stereocenters. The van der Waals surface area contributed by atoms with Crippen molar-refractivity contribution < 1.29 is 9.15 Å². The van der Waals surface area contributed by atoms with Crippen LogP contribution < -0.4 is 5.32 Å². The van der Waals surface area contributed by atoms with Gasteiger partial charge in [0, 0.05) is 13.0 Å². The van der Waals surface area contributed by atoms with E-state index >= 15 is 0 Å². The molecule has 1 saturated heterocycles. The summed E-state index contributed by atoms with van der Waals surface area (Å²) in [5.41, 5.74) is 0. The van der Waals surface area contributed by atoms with Gasteiger partial charge in [-0.3, -0.25) is 0 Å². The summed E-state index contributed by atoms with van der Waals surface area (Å²) in [6.07, 6.45) is 7.37. The number of hydrogen-bond donors (Lipinski definition) is 1. The molecule has 2 heterocycles. The average molecular weight is 251 g/mol. The van der Waals surface area contributed by atoms with Crippen LogP contribution in [0.15, 0.2) is 16.5 Å². The third kappa shape index (κ3) is 3.59. The molecule has 2 rings (SSSR count). The lowest BCUT2D eigenvalue weighted by atomic mass is 10.0. The lowest BCUT2D eigenvalue weighted by Crippen LogP contribution is -2.22. The molecule has 1 N–H and O–H groups in total. The van der Waals surface area contributed by atoms with Gasteiger partial charge in [-0.25, -0.2) is 0 Å². The van der Waals surface area contributed by atoms with Gasteiger partial charge in [0.25, 0.3) is 0 Å². The zero-order valence-corrected chi connectivity index (χ0v) is 11.6. The van der Waals surface area contributed by atoms with Crippen LogP contribution in [0.5, 0.6) is 0 Å². The van der Waals surface area contributed by atoms with Gasteiger partial charge in [-0.2, -0.15) is 0 Å². The van der Waals surface area contributed by atoms with Crippen LogP contribution in [0.3, 0.4) is 0 Å². The maximum absolute atomic E-state index is 5.82. The van der Waals surface area contributed by atoms with Crippen molar-refractivity contribution in [2.45, 2.75) is 57.6 Å². The second-order valence-electron chi connectivity index (χ2n) is 5.06. The van der Waals surface area contributed by atoms with Crippen LogP contribution in [-0.2, 0) is 11.2 Å². The fraction of sp³-hybridized carbons (Fsp3) is 0.733. The van der Waals surface area contributed by atoms with E-state index in [-0.39, 0.29) is 0 Å². The number of furan rings is 1. The summed E-state index contributed by atoms with van der Waals surface area (Å²) in [7, 11) is 2.00. The van der Waals surface area contributed by atoms with Crippen molar-refractivity contribution in [1.82, 2.24) is 5.32 Å². The van der Waals surface area contributed by atoms with E-state index in [1.807, 2.05) is 7.05 Å². The highest BCUT2D eigenvalue weighted by Gasteiger charge is 2.18. The molecule has 3 nitrogen and oxygen atoms in total. The summed E-state index contributed by atoms with van der Waals surface area (Å²) < 4.78 is 11.6. The van der Waals surface area contributed by atoms with Gasteiger partial charge in [-0.15, -0.1) is 0 Å². The fourth-order valence-electron chi connectivity index (χ4n) is 2.59. The Labute approximate surface area is 110 Å². The molecule has 0 amide bonds. The minimum absolute atomic E-state index is 0.316. The van der Waals surface area contributed by atoms with Crippen molar-refractivity contribution in [1.29, 1.82) is 0 Å². The summed E-state index contributed by atoms with van der Waals surface area (Å²) in [5, 5.41) is 3.35. The van der Waals surface area contributed by atoms with Crippen molar-refractivity contribution >= 4 is 0 Å². The molecule has 1 aliphatic heterocycles. The Hall–Kier alpha value is -0.800. The summed E-state index contributed by atoms with van der Waals surface area (Å²) in [6.45, 7) is 3.06. The van der Waals surface area contributed by atoms with Crippen molar-refractivity contribution in [3.05, 3.63) is 23.7 Å². The molecule has 1 aromatic rings. The molecular weight excluding hydrogens is 226 g/mol. The van der Waals surface area contributed by atoms with E-state index in [4.69, 9.17) is 9.15 Å². The molecule has 2 atom stereocenters. The zero-order valence-electron chi connectivity index (χ0n) is 11.6. The summed E-state index contributed by atoms with van der Waals surface area (Å²) >= 11 is 0. The molecule has 3 heteroatoms. The Kier molecular flexibility index (Phi) is 5.26. The Balaban J connectivity index is 1.84. The second kappa shape index (κ2) is 6.95. The average Bonchev–Trinajstić information content (AvgIpc) is 2.89. The van der Waals surface area contributed by atoms with E-state index in [1.54, 1.807) is 0 Å². The summed E-state index contributed by atoms with van der Waals surface area (Å²) in [6, 6.07) is 4.49. The van der Waals surface area contributed by atoms with E-state index in [0.29, 0.717) is 12.1 Å². The quantitative estimate of drug-likeness (QED) is 0.841. The largest absolute Gasteiger partial charge is 0.464 e. The van der Waals surface area contributed by atoms with E-state index in [9.17, 15) is 0 Å². The topological polar surface area (TPSA) is 34.4 Å². The van der Waals surface area contributed by atoms with Crippen LogP contribution in [-0.4, -0.2) is 19.8 Å². The van der Waals surface area contributed by atoms with Gasteiger partial charge in [-0.1, -0.05) is 6.92 Å². The second-order valence-corrected chi connectivity index (χ2v) is 5.06. The van der Waals surface area contributed by atoms with Crippen LogP contribution in [0.4, 0.5) is 0 Å². The highest BCUT2D eigenvalue weighted by atomic mass is 16.5. The molecule has 1 aromatic heterocycles. The van der Waals surface area contributed by atoms with E-state index < -0.39 is 0 Å². The smallest absolute Gasteiger partial charge is 0.121 e. The Morgan fingerprint density at radius 1 is 1.39 bits per heavy atom. The molecule has 18 heavy (non-hydrogen) atoms. The normalized spacial score (nSPS) is 22.0. The SMILES string of the molecule is CCc1ccc(C(CCC2CCCCO2)NC)o1. The standard InChI is InChI=1S/C15H25NO2/c1-3-12-8-10-15(18-12)14(16-2)9-7-13-6-4-5-11-17-13/h8,10,13-14,16H,3-7,9,11H2,1-2H3. The number of aryl methyl sites for hydroxylation is 1. The molecule has 0 radical (unpaired) electrons. The van der Waals surface area contributed by atoms with Crippen LogP contribution >= 0.6 is 0 Å². The lowest BCUT2D eigenvalue weighted by molar-refractivity contribution is 0.00832. The van der Waals surface area contributed by atoms with Crippen LogP contribution in [0.2, 0.25) is 0 Å².